The van der Waals surface area contributed by atoms with E-state index in [2.05, 4.69) is 35.8 Å². The average molecular weight is 469 g/mol. The SMILES string of the molecule is Cc1cccc(Cl)c1NC(=O)c1nnc(Nc2nc(-c3ccc(F)cc3)nc(N(C)C)n2)o1. The van der Waals surface area contributed by atoms with Crippen LogP contribution in [0.5, 0.6) is 0 Å². The fourth-order valence-corrected chi connectivity index (χ4v) is 3.04. The molecule has 0 spiro atoms. The maximum Gasteiger partial charge on any atom is 0.322 e. The van der Waals surface area contributed by atoms with E-state index in [-0.39, 0.29) is 23.7 Å². The van der Waals surface area contributed by atoms with Gasteiger partial charge >= 0.3 is 17.8 Å². The van der Waals surface area contributed by atoms with Gasteiger partial charge in [0.05, 0.1) is 10.7 Å². The highest BCUT2D eigenvalue weighted by Gasteiger charge is 2.19. The second-order valence-electron chi connectivity index (χ2n) is 7.11. The average Bonchev–Trinajstić information content (AvgIpc) is 3.25. The third-order valence-electron chi connectivity index (χ3n) is 4.42. The number of anilines is 4. The molecule has 0 unspecified atom stereocenters. The summed E-state index contributed by atoms with van der Waals surface area (Å²) >= 11 is 6.15. The quantitative estimate of drug-likeness (QED) is 0.430. The number of rotatable bonds is 6. The van der Waals surface area contributed by atoms with Crippen LogP contribution in [0.1, 0.15) is 16.2 Å². The second-order valence-corrected chi connectivity index (χ2v) is 7.51. The summed E-state index contributed by atoms with van der Waals surface area (Å²) in [6.07, 6.45) is 0. The minimum atomic E-state index is -0.622. The van der Waals surface area contributed by atoms with Crippen LogP contribution in [0.15, 0.2) is 46.9 Å². The van der Waals surface area contributed by atoms with Gasteiger partial charge < -0.3 is 14.6 Å². The van der Waals surface area contributed by atoms with Crippen molar-refractivity contribution >= 4 is 41.1 Å². The highest BCUT2D eigenvalue weighted by Crippen LogP contribution is 2.26. The molecule has 0 fully saturated rings. The summed E-state index contributed by atoms with van der Waals surface area (Å²) < 4.78 is 18.7. The molecule has 0 atom stereocenters. The number of aryl methyl sites for hydroxylation is 1. The van der Waals surface area contributed by atoms with Crippen molar-refractivity contribution in [2.75, 3.05) is 29.6 Å². The van der Waals surface area contributed by atoms with Crippen LogP contribution in [0.4, 0.5) is 28.0 Å². The minimum absolute atomic E-state index is 0.100. The van der Waals surface area contributed by atoms with Gasteiger partial charge in [-0.05, 0) is 42.8 Å². The van der Waals surface area contributed by atoms with E-state index in [1.807, 2.05) is 13.0 Å². The first-order valence-corrected chi connectivity index (χ1v) is 10.0. The van der Waals surface area contributed by atoms with Crippen molar-refractivity contribution in [1.82, 2.24) is 25.1 Å². The number of para-hydroxylation sites is 1. The molecule has 4 rings (SSSR count). The van der Waals surface area contributed by atoms with Crippen molar-refractivity contribution < 1.29 is 13.6 Å². The lowest BCUT2D eigenvalue weighted by molar-refractivity contribution is 0.0991. The van der Waals surface area contributed by atoms with E-state index >= 15 is 0 Å². The fraction of sp³-hybridized carbons (Fsp3) is 0.143. The Morgan fingerprint density at radius 1 is 1.06 bits per heavy atom. The molecular weight excluding hydrogens is 451 g/mol. The number of nitrogens with one attached hydrogen (secondary N) is 2. The molecule has 2 heterocycles. The smallest absolute Gasteiger partial charge is 0.322 e. The van der Waals surface area contributed by atoms with Gasteiger partial charge in [0.25, 0.3) is 0 Å². The fourth-order valence-electron chi connectivity index (χ4n) is 2.77. The van der Waals surface area contributed by atoms with Crippen LogP contribution in [0.2, 0.25) is 5.02 Å². The third-order valence-corrected chi connectivity index (χ3v) is 4.74. The van der Waals surface area contributed by atoms with Crippen LogP contribution < -0.4 is 15.5 Å². The molecular formula is C21H18ClFN8O2. The predicted octanol–water partition coefficient (Wildman–Crippen LogP) is 4.08. The monoisotopic (exact) mass is 468 g/mol. The van der Waals surface area contributed by atoms with Crippen LogP contribution >= 0.6 is 11.6 Å². The van der Waals surface area contributed by atoms with Crippen molar-refractivity contribution in [3.63, 3.8) is 0 Å². The van der Waals surface area contributed by atoms with E-state index in [4.69, 9.17) is 16.0 Å². The van der Waals surface area contributed by atoms with E-state index in [1.54, 1.807) is 43.3 Å². The van der Waals surface area contributed by atoms with E-state index in [1.165, 1.54) is 12.1 Å². The number of nitrogens with zero attached hydrogens (tertiary/aromatic N) is 6. The summed E-state index contributed by atoms with van der Waals surface area (Å²) in [5, 5.41) is 13.4. The Hall–Kier alpha value is -4.12. The number of aromatic nitrogens is 5. The van der Waals surface area contributed by atoms with Crippen molar-refractivity contribution in [2.45, 2.75) is 6.92 Å². The van der Waals surface area contributed by atoms with Crippen LogP contribution in [-0.2, 0) is 0 Å². The van der Waals surface area contributed by atoms with Gasteiger partial charge in [-0.25, -0.2) is 4.39 Å². The van der Waals surface area contributed by atoms with Gasteiger partial charge in [-0.1, -0.05) is 28.8 Å². The first-order valence-electron chi connectivity index (χ1n) is 9.66. The van der Waals surface area contributed by atoms with Gasteiger partial charge in [-0.2, -0.15) is 15.0 Å². The van der Waals surface area contributed by atoms with Gasteiger partial charge in [0.2, 0.25) is 11.9 Å². The van der Waals surface area contributed by atoms with Crippen molar-refractivity contribution in [1.29, 1.82) is 0 Å². The molecule has 0 aliphatic carbocycles. The summed E-state index contributed by atoms with van der Waals surface area (Å²) in [6.45, 7) is 1.81. The van der Waals surface area contributed by atoms with Crippen molar-refractivity contribution in [2.24, 2.45) is 0 Å². The van der Waals surface area contributed by atoms with Gasteiger partial charge in [-0.15, -0.1) is 5.10 Å². The maximum absolute atomic E-state index is 13.3. The minimum Gasteiger partial charge on any atom is -0.399 e. The van der Waals surface area contributed by atoms with Crippen molar-refractivity contribution in [3.8, 4) is 11.4 Å². The van der Waals surface area contributed by atoms with Gasteiger partial charge in [0, 0.05) is 19.7 Å². The zero-order chi connectivity index (χ0) is 23.5. The van der Waals surface area contributed by atoms with Gasteiger partial charge in [-0.3, -0.25) is 10.1 Å². The molecule has 4 aromatic rings. The topological polar surface area (TPSA) is 122 Å². The number of carbonyl (C=O) groups excluding carboxylic acids is 1. The largest absolute Gasteiger partial charge is 0.399 e. The Bertz CT molecular complexity index is 1290. The lowest BCUT2D eigenvalue weighted by atomic mass is 10.2. The van der Waals surface area contributed by atoms with Crippen LogP contribution in [0.3, 0.4) is 0 Å². The summed E-state index contributed by atoms with van der Waals surface area (Å²) in [6, 6.07) is 10.9. The predicted molar refractivity (Wildman–Crippen MR) is 121 cm³/mol. The summed E-state index contributed by atoms with van der Waals surface area (Å²) in [4.78, 5) is 27.2. The highest BCUT2D eigenvalue weighted by molar-refractivity contribution is 6.34. The van der Waals surface area contributed by atoms with Crippen LogP contribution in [-0.4, -0.2) is 45.2 Å². The maximum atomic E-state index is 13.3. The number of benzene rings is 2. The molecule has 2 N–H and O–H groups in total. The third kappa shape index (κ3) is 5.04. The second kappa shape index (κ2) is 9.17. The van der Waals surface area contributed by atoms with Gasteiger partial charge in [0.15, 0.2) is 5.82 Å². The number of carbonyl (C=O) groups is 1. The first-order chi connectivity index (χ1) is 15.8. The molecule has 0 saturated carbocycles. The molecule has 33 heavy (non-hydrogen) atoms. The molecule has 0 radical (unpaired) electrons. The Morgan fingerprint density at radius 3 is 2.52 bits per heavy atom. The molecule has 168 valence electrons. The summed E-state index contributed by atoms with van der Waals surface area (Å²) in [5.41, 5.74) is 1.82. The molecule has 10 nitrogen and oxygen atoms in total. The van der Waals surface area contributed by atoms with Crippen LogP contribution in [0.25, 0.3) is 11.4 Å². The number of hydrogen-bond acceptors (Lipinski definition) is 9. The standard InChI is InChI=1S/C21H18ClFN8O2/c1-11-5-4-6-14(22)15(11)24-17(32)18-29-30-21(33-18)28-19-25-16(26-20(27-19)31(2)3)12-7-9-13(23)10-8-12/h4-10H,1-3H3,(H,24,32)(H,25,26,27,28,30). The number of halogens is 2. The van der Waals surface area contributed by atoms with E-state index in [0.717, 1.165) is 5.56 Å². The zero-order valence-corrected chi connectivity index (χ0v) is 18.6. The lowest BCUT2D eigenvalue weighted by Gasteiger charge is -2.12. The van der Waals surface area contributed by atoms with Crippen molar-refractivity contribution in [3.05, 3.63) is 64.8 Å². The highest BCUT2D eigenvalue weighted by atomic mass is 35.5. The summed E-state index contributed by atoms with van der Waals surface area (Å²) in [7, 11) is 3.53. The Labute approximate surface area is 192 Å². The molecule has 1 amide bonds. The van der Waals surface area contributed by atoms with E-state index < -0.39 is 5.91 Å². The Morgan fingerprint density at radius 2 is 1.82 bits per heavy atom. The van der Waals surface area contributed by atoms with Gasteiger partial charge in [0.1, 0.15) is 5.82 Å². The molecule has 2 aromatic carbocycles. The Kier molecular flexibility index (Phi) is 6.13. The summed E-state index contributed by atoms with van der Waals surface area (Å²) in [5.74, 6) is -0.518. The van der Waals surface area contributed by atoms with E-state index in [9.17, 15) is 9.18 Å². The van der Waals surface area contributed by atoms with E-state index in [0.29, 0.717) is 28.0 Å². The normalized spacial score (nSPS) is 10.7. The molecule has 0 aliphatic rings. The zero-order valence-electron chi connectivity index (χ0n) is 17.8. The number of amides is 1. The Balaban J connectivity index is 1.57. The first kappa shape index (κ1) is 22.1. The molecule has 12 heteroatoms. The van der Waals surface area contributed by atoms with Crippen LogP contribution in [0, 0.1) is 12.7 Å². The number of hydrogen-bond donors (Lipinski definition) is 2. The molecule has 0 bridgehead atoms. The lowest BCUT2D eigenvalue weighted by Crippen LogP contribution is -2.15. The molecule has 0 aliphatic heterocycles. The molecule has 2 aromatic heterocycles. The molecule has 0 saturated heterocycles.